The summed E-state index contributed by atoms with van der Waals surface area (Å²) in [6.07, 6.45) is 2.47. The van der Waals surface area contributed by atoms with Crippen molar-refractivity contribution in [2.45, 2.75) is 11.5 Å². The lowest BCUT2D eigenvalue weighted by molar-refractivity contribution is -0.0498. The predicted octanol–water partition coefficient (Wildman–Crippen LogP) is 3.14. The van der Waals surface area contributed by atoms with E-state index in [2.05, 4.69) is 14.4 Å². The molecule has 0 amide bonds. The summed E-state index contributed by atoms with van der Waals surface area (Å²) in [5.74, 6) is -0.0765. The van der Waals surface area contributed by atoms with E-state index in [0.29, 0.717) is 0 Å². The van der Waals surface area contributed by atoms with E-state index in [0.717, 1.165) is 6.20 Å². The number of hydrogen-bond donors (Lipinski definition) is 1. The van der Waals surface area contributed by atoms with Crippen LogP contribution in [0, 0.1) is 0 Å². The Morgan fingerprint density at radius 2 is 1.86 bits per heavy atom. The number of benzene rings is 1. The summed E-state index contributed by atoms with van der Waals surface area (Å²) < 4.78 is 54.6. The number of hydrogen-bond acceptors (Lipinski definition) is 4. The molecule has 0 aliphatic heterocycles. The molecular weight excluding hydrogens is 326 g/mol. The maximum absolute atomic E-state index is 12.1. The van der Waals surface area contributed by atoms with Crippen LogP contribution in [0.1, 0.15) is 0 Å². The first-order valence-electron chi connectivity index (χ1n) is 5.56. The molecule has 0 aliphatic carbocycles. The van der Waals surface area contributed by atoms with Crippen LogP contribution in [0.5, 0.6) is 5.75 Å². The molecule has 0 atom stereocenters. The number of alkyl halides is 2. The Labute approximate surface area is 124 Å². The Bertz CT molecular complexity index is 724. The van der Waals surface area contributed by atoms with Crippen molar-refractivity contribution in [1.29, 1.82) is 0 Å². The van der Waals surface area contributed by atoms with E-state index in [9.17, 15) is 17.2 Å². The van der Waals surface area contributed by atoms with Crippen molar-refractivity contribution in [1.82, 2.24) is 4.98 Å². The Kier molecular flexibility index (Phi) is 4.59. The van der Waals surface area contributed by atoms with Crippen LogP contribution in [0.25, 0.3) is 0 Å². The average molecular weight is 335 g/mol. The summed E-state index contributed by atoms with van der Waals surface area (Å²) in [6.45, 7) is -2.94. The normalized spacial score (nSPS) is 11.4. The van der Waals surface area contributed by atoms with Crippen LogP contribution in [-0.4, -0.2) is 20.0 Å². The van der Waals surface area contributed by atoms with Crippen LogP contribution in [-0.2, 0) is 10.0 Å². The number of ether oxygens (including phenoxy) is 1. The van der Waals surface area contributed by atoms with Gasteiger partial charge in [0.2, 0.25) is 0 Å². The van der Waals surface area contributed by atoms with Gasteiger partial charge >= 0.3 is 6.61 Å². The fraction of sp³-hybridized carbons (Fsp3) is 0.0833. The van der Waals surface area contributed by atoms with Gasteiger partial charge in [-0.15, -0.1) is 0 Å². The lowest BCUT2D eigenvalue weighted by Crippen LogP contribution is -2.13. The average Bonchev–Trinajstić information content (AvgIpc) is 2.40. The minimum Gasteiger partial charge on any atom is -0.435 e. The molecule has 2 rings (SSSR count). The number of rotatable bonds is 5. The van der Waals surface area contributed by atoms with Crippen LogP contribution in [0.3, 0.4) is 0 Å². The molecule has 1 aromatic carbocycles. The summed E-state index contributed by atoms with van der Waals surface area (Å²) in [4.78, 5) is 3.51. The van der Waals surface area contributed by atoms with Crippen molar-refractivity contribution < 1.29 is 21.9 Å². The molecule has 5 nitrogen and oxygen atoms in total. The molecule has 9 heteroatoms. The number of aromatic nitrogens is 1. The minimum absolute atomic E-state index is 0.0233. The van der Waals surface area contributed by atoms with Gasteiger partial charge in [-0.3, -0.25) is 9.71 Å². The molecular formula is C12H9ClF2N2O3S. The fourth-order valence-corrected chi connectivity index (χ4v) is 2.97. The van der Waals surface area contributed by atoms with Crippen molar-refractivity contribution >= 4 is 27.3 Å². The Morgan fingerprint density at radius 3 is 2.43 bits per heavy atom. The molecule has 0 fully saturated rings. The summed E-state index contributed by atoms with van der Waals surface area (Å²) in [5, 5.41) is 0.0233. The van der Waals surface area contributed by atoms with E-state index >= 15 is 0 Å². The molecule has 0 aliphatic rings. The van der Waals surface area contributed by atoms with Gasteiger partial charge in [-0.05, 0) is 30.3 Å². The van der Waals surface area contributed by atoms with Gasteiger partial charge in [-0.25, -0.2) is 8.42 Å². The second kappa shape index (κ2) is 6.23. The maximum atomic E-state index is 12.1. The first kappa shape index (κ1) is 15.5. The highest BCUT2D eigenvalue weighted by atomic mass is 35.5. The smallest absolute Gasteiger partial charge is 0.387 e. The predicted molar refractivity (Wildman–Crippen MR) is 73.1 cm³/mol. The van der Waals surface area contributed by atoms with Gasteiger partial charge in [0, 0.05) is 18.1 Å². The Morgan fingerprint density at radius 1 is 1.19 bits per heavy atom. The van der Waals surface area contributed by atoms with E-state index in [1.807, 2.05) is 0 Å². The fourth-order valence-electron chi connectivity index (χ4n) is 1.48. The van der Waals surface area contributed by atoms with Gasteiger partial charge in [0.1, 0.15) is 10.6 Å². The van der Waals surface area contributed by atoms with Gasteiger partial charge in [-0.2, -0.15) is 8.78 Å². The largest absolute Gasteiger partial charge is 0.435 e. The van der Waals surface area contributed by atoms with Gasteiger partial charge < -0.3 is 4.74 Å². The molecule has 0 saturated heterocycles. The monoisotopic (exact) mass is 334 g/mol. The molecule has 1 aromatic heterocycles. The molecule has 2 aromatic rings. The standard InChI is InChI=1S/C12H9ClF2N2O3S/c13-10-5-6-16-7-11(10)21(18,19)17-8-1-3-9(4-2-8)20-12(14)15/h1-7,12,17H. The van der Waals surface area contributed by atoms with Gasteiger partial charge in [-0.1, -0.05) is 11.6 Å². The van der Waals surface area contributed by atoms with E-state index in [4.69, 9.17) is 11.6 Å². The van der Waals surface area contributed by atoms with E-state index < -0.39 is 16.6 Å². The number of nitrogens with one attached hydrogen (secondary N) is 1. The van der Waals surface area contributed by atoms with Crippen LogP contribution in [0.15, 0.2) is 47.6 Å². The second-order valence-corrected chi connectivity index (χ2v) is 5.87. The third-order valence-electron chi connectivity index (χ3n) is 2.36. The molecule has 0 bridgehead atoms. The molecule has 1 N–H and O–H groups in total. The Hall–Kier alpha value is -1.93. The number of nitrogens with zero attached hydrogens (tertiary/aromatic N) is 1. The topological polar surface area (TPSA) is 68.3 Å². The van der Waals surface area contributed by atoms with Gasteiger partial charge in [0.05, 0.1) is 5.02 Å². The first-order chi connectivity index (χ1) is 9.88. The lowest BCUT2D eigenvalue weighted by atomic mass is 10.3. The Balaban J connectivity index is 2.19. The van der Waals surface area contributed by atoms with Crippen LogP contribution >= 0.6 is 11.6 Å². The van der Waals surface area contributed by atoms with E-state index in [1.54, 1.807) is 0 Å². The highest BCUT2D eigenvalue weighted by Crippen LogP contribution is 2.24. The van der Waals surface area contributed by atoms with Crippen molar-refractivity contribution in [3.8, 4) is 5.75 Å². The zero-order chi connectivity index (χ0) is 15.5. The van der Waals surface area contributed by atoms with Crippen molar-refractivity contribution in [3.05, 3.63) is 47.7 Å². The maximum Gasteiger partial charge on any atom is 0.387 e. The number of sulfonamides is 1. The summed E-state index contributed by atoms with van der Waals surface area (Å²) in [5.41, 5.74) is 0.177. The molecule has 21 heavy (non-hydrogen) atoms. The van der Waals surface area contributed by atoms with Gasteiger partial charge in [0.25, 0.3) is 10.0 Å². The van der Waals surface area contributed by atoms with E-state index in [1.165, 1.54) is 36.5 Å². The quantitative estimate of drug-likeness (QED) is 0.912. The summed E-state index contributed by atoms with van der Waals surface area (Å²) in [7, 11) is -3.91. The van der Waals surface area contributed by atoms with E-state index in [-0.39, 0.29) is 21.4 Å². The molecule has 0 unspecified atom stereocenters. The second-order valence-electron chi connectivity index (χ2n) is 3.81. The molecule has 0 spiro atoms. The third kappa shape index (κ3) is 4.02. The van der Waals surface area contributed by atoms with Crippen LogP contribution in [0.2, 0.25) is 5.02 Å². The van der Waals surface area contributed by atoms with Crippen molar-refractivity contribution in [3.63, 3.8) is 0 Å². The lowest BCUT2D eigenvalue weighted by Gasteiger charge is -2.10. The SMILES string of the molecule is O=S(=O)(Nc1ccc(OC(F)F)cc1)c1cnccc1Cl. The molecule has 0 saturated carbocycles. The highest BCUT2D eigenvalue weighted by Gasteiger charge is 2.18. The first-order valence-corrected chi connectivity index (χ1v) is 7.42. The summed E-state index contributed by atoms with van der Waals surface area (Å²) >= 11 is 5.79. The zero-order valence-corrected chi connectivity index (χ0v) is 11.9. The molecule has 1 heterocycles. The zero-order valence-electron chi connectivity index (χ0n) is 10.3. The van der Waals surface area contributed by atoms with Gasteiger partial charge in [0.15, 0.2) is 0 Å². The highest BCUT2D eigenvalue weighted by molar-refractivity contribution is 7.92. The number of anilines is 1. The number of halogens is 3. The molecule has 112 valence electrons. The number of pyridine rings is 1. The van der Waals surface area contributed by atoms with Crippen molar-refractivity contribution in [2.24, 2.45) is 0 Å². The molecule has 0 radical (unpaired) electrons. The third-order valence-corrected chi connectivity index (χ3v) is 4.21. The van der Waals surface area contributed by atoms with Crippen molar-refractivity contribution in [2.75, 3.05) is 4.72 Å². The minimum atomic E-state index is -3.91. The van der Waals surface area contributed by atoms with Crippen LogP contribution < -0.4 is 9.46 Å². The summed E-state index contributed by atoms with van der Waals surface area (Å²) in [6, 6.07) is 6.36. The van der Waals surface area contributed by atoms with Crippen LogP contribution in [0.4, 0.5) is 14.5 Å².